The van der Waals surface area contributed by atoms with E-state index >= 15 is 0 Å². The highest BCUT2D eigenvalue weighted by Crippen LogP contribution is 2.41. The molecule has 0 radical (unpaired) electrons. The van der Waals surface area contributed by atoms with Crippen molar-refractivity contribution in [3.8, 4) is 16.9 Å². The van der Waals surface area contributed by atoms with Crippen molar-refractivity contribution in [3.05, 3.63) is 82.9 Å². The molecule has 0 unspecified atom stereocenters. The van der Waals surface area contributed by atoms with Crippen molar-refractivity contribution in [1.29, 1.82) is 0 Å². The number of carbonyl (C=O) groups is 2. The summed E-state index contributed by atoms with van der Waals surface area (Å²) < 4.78 is 6.94. The third-order valence-electron chi connectivity index (χ3n) is 6.32. The second-order valence-electron chi connectivity index (χ2n) is 8.55. The number of rotatable bonds is 7. The molecule has 2 aromatic carbocycles. The van der Waals surface area contributed by atoms with Gasteiger partial charge in [0, 0.05) is 35.4 Å². The maximum absolute atomic E-state index is 13.0. The molecule has 0 aliphatic carbocycles. The van der Waals surface area contributed by atoms with E-state index in [2.05, 4.69) is 25.9 Å². The van der Waals surface area contributed by atoms with Crippen LogP contribution in [0, 0.1) is 13.8 Å². The van der Waals surface area contributed by atoms with Crippen LogP contribution in [-0.4, -0.2) is 45.4 Å². The number of benzene rings is 2. The van der Waals surface area contributed by atoms with E-state index in [1.54, 1.807) is 24.2 Å². The van der Waals surface area contributed by atoms with E-state index in [0.29, 0.717) is 24.2 Å². The van der Waals surface area contributed by atoms with Gasteiger partial charge < -0.3 is 20.4 Å². The highest BCUT2D eigenvalue weighted by molar-refractivity contribution is 6.36. The maximum Gasteiger partial charge on any atom is 0.256 e. The van der Waals surface area contributed by atoms with E-state index in [0.717, 1.165) is 45.1 Å². The van der Waals surface area contributed by atoms with Crippen molar-refractivity contribution in [1.82, 2.24) is 25.3 Å². The average molecular weight is 483 g/mol. The van der Waals surface area contributed by atoms with Crippen molar-refractivity contribution in [3.63, 3.8) is 0 Å². The van der Waals surface area contributed by atoms with Crippen LogP contribution >= 0.6 is 0 Å². The van der Waals surface area contributed by atoms with Gasteiger partial charge in [0.15, 0.2) is 0 Å². The molecule has 36 heavy (non-hydrogen) atoms. The van der Waals surface area contributed by atoms with Crippen LogP contribution in [0.25, 0.3) is 22.8 Å². The lowest BCUT2D eigenvalue weighted by atomic mass is 9.94. The molecule has 0 saturated carbocycles. The Morgan fingerprint density at radius 2 is 1.97 bits per heavy atom. The third-order valence-corrected chi connectivity index (χ3v) is 6.32. The quantitative estimate of drug-likeness (QED) is 0.347. The number of anilines is 1. The largest absolute Gasteiger partial charge is 0.497 e. The molecular weight excluding hydrogens is 456 g/mol. The number of nitrogens with zero attached hydrogens (tertiary/aromatic N) is 3. The molecule has 0 bridgehead atoms. The molecule has 9 heteroatoms. The van der Waals surface area contributed by atoms with Gasteiger partial charge in [0.1, 0.15) is 5.75 Å². The lowest BCUT2D eigenvalue weighted by molar-refractivity contribution is -0.110. The van der Waals surface area contributed by atoms with Crippen LogP contribution in [0.3, 0.4) is 0 Å². The summed E-state index contributed by atoms with van der Waals surface area (Å²) in [6.07, 6.45) is 5.16. The molecule has 4 aromatic rings. The molecule has 182 valence electrons. The van der Waals surface area contributed by atoms with E-state index in [9.17, 15) is 9.59 Å². The van der Waals surface area contributed by atoms with Gasteiger partial charge in [-0.05, 0) is 54.8 Å². The molecule has 2 amide bonds. The van der Waals surface area contributed by atoms with E-state index in [-0.39, 0.29) is 11.8 Å². The molecule has 1 aliphatic heterocycles. The smallest absolute Gasteiger partial charge is 0.256 e. The van der Waals surface area contributed by atoms with Gasteiger partial charge in [-0.2, -0.15) is 0 Å². The summed E-state index contributed by atoms with van der Waals surface area (Å²) in [6, 6.07) is 13.6. The Balaban J connectivity index is 1.46. The minimum absolute atomic E-state index is 0.179. The van der Waals surface area contributed by atoms with Gasteiger partial charge in [-0.15, -0.1) is 5.10 Å². The fourth-order valence-corrected chi connectivity index (χ4v) is 4.53. The number of H-pyrrole nitrogens is 1. The fourth-order valence-electron chi connectivity index (χ4n) is 4.53. The molecule has 5 rings (SSSR count). The molecule has 9 nitrogen and oxygen atoms in total. The number of aromatic amines is 1. The monoisotopic (exact) mass is 482 g/mol. The van der Waals surface area contributed by atoms with E-state index < -0.39 is 0 Å². The van der Waals surface area contributed by atoms with Gasteiger partial charge >= 0.3 is 0 Å². The Hall–Kier alpha value is -4.66. The minimum Gasteiger partial charge on any atom is -0.497 e. The van der Waals surface area contributed by atoms with E-state index in [4.69, 9.17) is 4.74 Å². The Kier molecular flexibility index (Phi) is 6.12. The van der Waals surface area contributed by atoms with Crippen LogP contribution in [0.4, 0.5) is 5.69 Å². The molecule has 3 N–H and O–H groups in total. The molecule has 0 saturated heterocycles. The minimum atomic E-state index is -0.184. The standard InChI is InChI=1S/C27H26N6O3/c1-16-23(30-17(2)24(16)27(35)28-11-13-33-14-12-29-32-33)15-21-25-20(5-4-6-22(25)31-26(21)34)18-7-9-19(36-3)10-8-18/h4-10,12,14-15,30H,11,13H2,1-3H3,(H,28,35)(H,31,34). The fraction of sp³-hybridized carbons (Fsp3) is 0.185. The molecular formula is C27H26N6O3. The van der Waals surface area contributed by atoms with Gasteiger partial charge in [-0.25, -0.2) is 0 Å². The molecule has 0 fully saturated rings. The van der Waals surface area contributed by atoms with Crippen molar-refractivity contribution in [2.45, 2.75) is 20.4 Å². The molecule has 1 aliphatic rings. The van der Waals surface area contributed by atoms with Crippen molar-refractivity contribution in [2.24, 2.45) is 0 Å². The lowest BCUT2D eigenvalue weighted by Crippen LogP contribution is -2.28. The van der Waals surface area contributed by atoms with Crippen LogP contribution in [0.1, 0.15) is 32.9 Å². The Labute approximate surface area is 208 Å². The van der Waals surface area contributed by atoms with Gasteiger partial charge in [-0.3, -0.25) is 14.3 Å². The van der Waals surface area contributed by atoms with Crippen molar-refractivity contribution < 1.29 is 14.3 Å². The summed E-state index contributed by atoms with van der Waals surface area (Å²) >= 11 is 0. The predicted molar refractivity (Wildman–Crippen MR) is 138 cm³/mol. The zero-order valence-corrected chi connectivity index (χ0v) is 20.3. The second kappa shape index (κ2) is 9.53. The van der Waals surface area contributed by atoms with Crippen molar-refractivity contribution in [2.75, 3.05) is 19.0 Å². The molecule has 0 atom stereocenters. The summed E-state index contributed by atoms with van der Waals surface area (Å²) in [4.78, 5) is 29.2. The highest BCUT2D eigenvalue weighted by atomic mass is 16.5. The summed E-state index contributed by atoms with van der Waals surface area (Å²) in [5.41, 5.74) is 6.84. The normalized spacial score (nSPS) is 13.5. The second-order valence-corrected chi connectivity index (χ2v) is 8.55. The summed E-state index contributed by atoms with van der Waals surface area (Å²) in [6.45, 7) is 4.68. The van der Waals surface area contributed by atoms with Gasteiger partial charge in [0.2, 0.25) is 0 Å². The highest BCUT2D eigenvalue weighted by Gasteiger charge is 2.28. The zero-order chi connectivity index (χ0) is 25.2. The number of aryl methyl sites for hydroxylation is 1. The third kappa shape index (κ3) is 4.26. The topological polar surface area (TPSA) is 114 Å². The first-order chi connectivity index (χ1) is 17.5. The van der Waals surface area contributed by atoms with Crippen LogP contribution in [-0.2, 0) is 11.3 Å². The van der Waals surface area contributed by atoms with Gasteiger partial charge in [0.05, 0.1) is 31.0 Å². The number of amides is 2. The zero-order valence-electron chi connectivity index (χ0n) is 20.3. The van der Waals surface area contributed by atoms with Crippen molar-refractivity contribution >= 4 is 29.2 Å². The van der Waals surface area contributed by atoms with E-state index in [1.165, 1.54) is 0 Å². The van der Waals surface area contributed by atoms with Crippen LogP contribution in [0.5, 0.6) is 5.75 Å². The first-order valence-corrected chi connectivity index (χ1v) is 11.6. The number of aromatic nitrogens is 4. The number of carbonyl (C=O) groups excluding carboxylic acids is 2. The Morgan fingerprint density at radius 1 is 1.17 bits per heavy atom. The SMILES string of the molecule is COc1ccc(-c2cccc3c2C(=Cc2[nH]c(C)c(C(=O)NCCn4ccnn4)c2C)C(=O)N3)cc1. The average Bonchev–Trinajstić information content (AvgIpc) is 3.58. The van der Waals surface area contributed by atoms with E-state index in [1.807, 2.05) is 62.4 Å². The first kappa shape index (κ1) is 23.1. The number of hydrogen-bond donors (Lipinski definition) is 3. The van der Waals surface area contributed by atoms with Crippen LogP contribution in [0.15, 0.2) is 54.9 Å². The first-order valence-electron chi connectivity index (χ1n) is 11.6. The van der Waals surface area contributed by atoms with Crippen LogP contribution < -0.4 is 15.4 Å². The summed E-state index contributed by atoms with van der Waals surface area (Å²) in [7, 11) is 1.63. The Bertz CT molecular complexity index is 1470. The maximum atomic E-state index is 13.0. The number of ether oxygens (including phenoxy) is 1. The summed E-state index contributed by atoms with van der Waals surface area (Å²) in [5, 5.41) is 13.6. The number of fused-ring (bicyclic) bond motifs is 1. The number of methoxy groups -OCH3 is 1. The number of hydrogen-bond acceptors (Lipinski definition) is 5. The lowest BCUT2D eigenvalue weighted by Gasteiger charge is -2.09. The van der Waals surface area contributed by atoms with Crippen LogP contribution in [0.2, 0.25) is 0 Å². The van der Waals surface area contributed by atoms with Gasteiger partial charge in [0.25, 0.3) is 11.8 Å². The van der Waals surface area contributed by atoms with Gasteiger partial charge in [-0.1, -0.05) is 29.5 Å². The predicted octanol–water partition coefficient (Wildman–Crippen LogP) is 3.82. The number of nitrogens with one attached hydrogen (secondary N) is 3. The summed E-state index contributed by atoms with van der Waals surface area (Å²) in [5.74, 6) is 0.401. The Morgan fingerprint density at radius 3 is 2.69 bits per heavy atom. The molecule has 0 spiro atoms. The molecule has 2 aromatic heterocycles. The molecule has 3 heterocycles.